The molecule has 0 spiro atoms. The summed E-state index contributed by atoms with van der Waals surface area (Å²) in [4.78, 5) is 25.8. The standard InChI is InChI=1S/C20H21N3O4/c24-20(21-18-7-5-14-3-1-2-4-16(14)18)17-13-15(23(25)26)6-8-19(17)22-9-11-27-12-10-22/h1-4,6,8,13,18H,5,7,9-12H2,(H,21,24). The van der Waals surface area contributed by atoms with E-state index in [2.05, 4.69) is 11.4 Å². The minimum absolute atomic E-state index is 0.0644. The van der Waals surface area contributed by atoms with Gasteiger partial charge in [-0.3, -0.25) is 14.9 Å². The summed E-state index contributed by atoms with van der Waals surface area (Å²) in [5, 5.41) is 14.3. The number of morpholine rings is 1. The van der Waals surface area contributed by atoms with Crippen LogP contribution < -0.4 is 10.2 Å². The Kier molecular flexibility index (Phi) is 4.77. The lowest BCUT2D eigenvalue weighted by Gasteiger charge is -2.30. The average Bonchev–Trinajstić information content (AvgIpc) is 3.11. The van der Waals surface area contributed by atoms with Gasteiger partial charge in [0.1, 0.15) is 0 Å². The molecule has 1 heterocycles. The van der Waals surface area contributed by atoms with Crippen molar-refractivity contribution in [2.75, 3.05) is 31.2 Å². The maximum atomic E-state index is 13.1. The molecule has 2 aromatic rings. The van der Waals surface area contributed by atoms with E-state index in [0.29, 0.717) is 37.6 Å². The predicted octanol–water partition coefficient (Wildman–Crippen LogP) is 2.85. The molecule has 2 aliphatic rings. The second-order valence-corrected chi connectivity index (χ2v) is 6.82. The van der Waals surface area contributed by atoms with Gasteiger partial charge in [0, 0.05) is 25.2 Å². The number of non-ortho nitro benzene ring substituents is 1. The van der Waals surface area contributed by atoms with E-state index in [1.807, 2.05) is 23.1 Å². The number of amides is 1. The van der Waals surface area contributed by atoms with Crippen LogP contribution in [0.25, 0.3) is 0 Å². The maximum absolute atomic E-state index is 13.1. The van der Waals surface area contributed by atoms with Crippen molar-refractivity contribution in [2.45, 2.75) is 18.9 Å². The largest absolute Gasteiger partial charge is 0.378 e. The van der Waals surface area contributed by atoms with Crippen LogP contribution in [0.5, 0.6) is 0 Å². The first-order valence-electron chi connectivity index (χ1n) is 9.13. The van der Waals surface area contributed by atoms with Crippen LogP contribution in [-0.4, -0.2) is 37.1 Å². The molecule has 1 fully saturated rings. The lowest BCUT2D eigenvalue weighted by molar-refractivity contribution is -0.384. The predicted molar refractivity (Wildman–Crippen MR) is 101 cm³/mol. The number of rotatable bonds is 4. The number of benzene rings is 2. The van der Waals surface area contributed by atoms with Crippen LogP contribution in [0.15, 0.2) is 42.5 Å². The Labute approximate surface area is 157 Å². The van der Waals surface area contributed by atoms with Crippen LogP contribution in [-0.2, 0) is 11.2 Å². The fourth-order valence-corrected chi connectivity index (χ4v) is 3.84. The Morgan fingerprint density at radius 1 is 1.19 bits per heavy atom. The summed E-state index contributed by atoms with van der Waals surface area (Å²) in [6, 6.07) is 12.5. The lowest BCUT2D eigenvalue weighted by Crippen LogP contribution is -2.38. The quantitative estimate of drug-likeness (QED) is 0.663. The third kappa shape index (κ3) is 3.50. The van der Waals surface area contributed by atoms with Crippen LogP contribution in [0.2, 0.25) is 0 Å². The Balaban J connectivity index is 1.63. The number of carbonyl (C=O) groups is 1. The van der Waals surface area contributed by atoms with Crippen LogP contribution in [0.4, 0.5) is 11.4 Å². The first-order chi connectivity index (χ1) is 13.1. The molecule has 1 unspecified atom stereocenters. The molecular weight excluding hydrogens is 346 g/mol. The van der Waals surface area contributed by atoms with Gasteiger partial charge in [-0.2, -0.15) is 0 Å². The van der Waals surface area contributed by atoms with Crippen LogP contribution >= 0.6 is 0 Å². The van der Waals surface area contributed by atoms with Crippen LogP contribution in [0, 0.1) is 10.1 Å². The molecule has 7 heteroatoms. The monoisotopic (exact) mass is 367 g/mol. The summed E-state index contributed by atoms with van der Waals surface area (Å²) in [6.45, 7) is 2.47. The molecule has 0 aromatic heterocycles. The highest BCUT2D eigenvalue weighted by Crippen LogP contribution is 2.32. The summed E-state index contributed by atoms with van der Waals surface area (Å²) in [5.41, 5.74) is 3.35. The van der Waals surface area contributed by atoms with Crippen molar-refractivity contribution < 1.29 is 14.5 Å². The number of nitrogens with one attached hydrogen (secondary N) is 1. The molecule has 140 valence electrons. The summed E-state index contributed by atoms with van der Waals surface area (Å²) in [6.07, 6.45) is 1.76. The summed E-state index contributed by atoms with van der Waals surface area (Å²) >= 11 is 0. The molecule has 7 nitrogen and oxygen atoms in total. The summed E-state index contributed by atoms with van der Waals surface area (Å²) in [5.74, 6) is -0.276. The first-order valence-corrected chi connectivity index (χ1v) is 9.13. The Morgan fingerprint density at radius 2 is 1.96 bits per heavy atom. The molecule has 1 amide bonds. The fourth-order valence-electron chi connectivity index (χ4n) is 3.84. The van der Waals surface area contributed by atoms with Gasteiger partial charge in [-0.25, -0.2) is 0 Å². The van der Waals surface area contributed by atoms with E-state index in [1.165, 1.54) is 17.7 Å². The second-order valence-electron chi connectivity index (χ2n) is 6.82. The van der Waals surface area contributed by atoms with Crippen molar-refractivity contribution in [3.05, 3.63) is 69.3 Å². The van der Waals surface area contributed by atoms with Crippen molar-refractivity contribution in [1.82, 2.24) is 5.32 Å². The first kappa shape index (κ1) is 17.5. The molecule has 4 rings (SSSR count). The number of hydrogen-bond donors (Lipinski definition) is 1. The zero-order valence-corrected chi connectivity index (χ0v) is 14.9. The molecule has 0 saturated carbocycles. The molecule has 1 N–H and O–H groups in total. The Bertz CT molecular complexity index is 877. The lowest BCUT2D eigenvalue weighted by atomic mass is 10.1. The van der Waals surface area contributed by atoms with Crippen molar-refractivity contribution in [3.8, 4) is 0 Å². The van der Waals surface area contributed by atoms with Crippen molar-refractivity contribution in [3.63, 3.8) is 0 Å². The smallest absolute Gasteiger partial charge is 0.270 e. The van der Waals surface area contributed by atoms with Gasteiger partial charge in [0.05, 0.1) is 35.4 Å². The number of nitro groups is 1. The number of hydrogen-bond acceptors (Lipinski definition) is 5. The SMILES string of the molecule is O=C(NC1CCc2ccccc21)c1cc([N+](=O)[O-])ccc1N1CCOCC1. The van der Waals surface area contributed by atoms with Crippen molar-refractivity contribution in [1.29, 1.82) is 0 Å². The molecular formula is C20H21N3O4. The van der Waals surface area contributed by atoms with Gasteiger partial charge in [0.2, 0.25) is 0 Å². The Hall–Kier alpha value is -2.93. The summed E-state index contributed by atoms with van der Waals surface area (Å²) in [7, 11) is 0. The number of fused-ring (bicyclic) bond motifs is 1. The number of carbonyl (C=O) groups excluding carboxylic acids is 1. The molecule has 0 bridgehead atoms. The van der Waals surface area contributed by atoms with Gasteiger partial charge in [-0.1, -0.05) is 24.3 Å². The van der Waals surface area contributed by atoms with Crippen molar-refractivity contribution >= 4 is 17.3 Å². The van der Waals surface area contributed by atoms with Gasteiger partial charge in [0.15, 0.2) is 0 Å². The van der Waals surface area contributed by atoms with Crippen LogP contribution in [0.1, 0.15) is 33.9 Å². The van der Waals surface area contributed by atoms with Crippen molar-refractivity contribution in [2.24, 2.45) is 0 Å². The maximum Gasteiger partial charge on any atom is 0.270 e. The van der Waals surface area contributed by atoms with Gasteiger partial charge < -0.3 is 15.0 Å². The number of ether oxygens (including phenoxy) is 1. The molecule has 2 aromatic carbocycles. The van der Waals surface area contributed by atoms with Gasteiger partial charge in [-0.15, -0.1) is 0 Å². The topological polar surface area (TPSA) is 84.7 Å². The average molecular weight is 367 g/mol. The number of nitro benzene ring substituents is 1. The van der Waals surface area contributed by atoms with Gasteiger partial charge in [0.25, 0.3) is 11.6 Å². The fraction of sp³-hybridized carbons (Fsp3) is 0.350. The van der Waals surface area contributed by atoms with E-state index < -0.39 is 4.92 Å². The van der Waals surface area contributed by atoms with E-state index in [1.54, 1.807) is 6.07 Å². The third-order valence-corrected chi connectivity index (χ3v) is 5.23. The van der Waals surface area contributed by atoms with E-state index in [4.69, 9.17) is 4.74 Å². The highest BCUT2D eigenvalue weighted by Gasteiger charge is 2.27. The second kappa shape index (κ2) is 7.36. The van der Waals surface area contributed by atoms with Crippen LogP contribution in [0.3, 0.4) is 0 Å². The van der Waals surface area contributed by atoms with E-state index in [9.17, 15) is 14.9 Å². The minimum atomic E-state index is -0.468. The molecule has 0 radical (unpaired) electrons. The van der Waals surface area contributed by atoms with Gasteiger partial charge in [-0.05, 0) is 30.0 Å². The minimum Gasteiger partial charge on any atom is -0.378 e. The number of nitrogens with zero attached hydrogens (tertiary/aromatic N) is 2. The zero-order valence-electron chi connectivity index (χ0n) is 14.9. The third-order valence-electron chi connectivity index (χ3n) is 5.23. The Morgan fingerprint density at radius 3 is 2.74 bits per heavy atom. The normalized spacial score (nSPS) is 18.8. The summed E-state index contributed by atoms with van der Waals surface area (Å²) < 4.78 is 5.38. The highest BCUT2D eigenvalue weighted by atomic mass is 16.6. The van der Waals surface area contributed by atoms with Gasteiger partial charge >= 0.3 is 0 Å². The molecule has 1 saturated heterocycles. The number of aryl methyl sites for hydroxylation is 1. The van der Waals surface area contributed by atoms with E-state index >= 15 is 0 Å². The molecule has 1 aliphatic heterocycles. The zero-order chi connectivity index (χ0) is 18.8. The number of anilines is 1. The van der Waals surface area contributed by atoms with E-state index in [-0.39, 0.29) is 17.6 Å². The highest BCUT2D eigenvalue weighted by molar-refractivity contribution is 6.00. The molecule has 1 aliphatic carbocycles. The van der Waals surface area contributed by atoms with E-state index in [0.717, 1.165) is 18.4 Å². The molecule has 1 atom stereocenters. The molecule has 27 heavy (non-hydrogen) atoms.